The molecule has 19 heavy (non-hydrogen) atoms. The van der Waals surface area contributed by atoms with E-state index in [1.807, 2.05) is 12.1 Å². The molecule has 5 heteroatoms. The Hall–Kier alpha value is -0.100. The van der Waals surface area contributed by atoms with E-state index < -0.39 is 0 Å². The quantitative estimate of drug-likeness (QED) is 0.707. The lowest BCUT2D eigenvalue weighted by Crippen LogP contribution is -2.47. The van der Waals surface area contributed by atoms with Gasteiger partial charge in [-0.05, 0) is 54.4 Å². The SMILES string of the molecule is CCCNC(C)(CO)CC(C)Sc1ncccc1Br. The highest BCUT2D eigenvalue weighted by Crippen LogP contribution is 2.31. The van der Waals surface area contributed by atoms with Gasteiger partial charge in [-0.25, -0.2) is 4.98 Å². The average Bonchev–Trinajstić information content (AvgIpc) is 2.39. The fourth-order valence-corrected chi connectivity index (χ4v) is 3.61. The summed E-state index contributed by atoms with van der Waals surface area (Å²) in [5, 5.41) is 14.4. The summed E-state index contributed by atoms with van der Waals surface area (Å²) in [6.45, 7) is 7.47. The lowest BCUT2D eigenvalue weighted by molar-refractivity contribution is 0.166. The first-order valence-corrected chi connectivity index (χ1v) is 8.31. The number of hydrogen-bond acceptors (Lipinski definition) is 4. The Morgan fingerprint density at radius 2 is 2.32 bits per heavy atom. The van der Waals surface area contributed by atoms with E-state index in [9.17, 15) is 5.11 Å². The van der Waals surface area contributed by atoms with Crippen LogP contribution in [0.5, 0.6) is 0 Å². The van der Waals surface area contributed by atoms with Gasteiger partial charge in [0.25, 0.3) is 0 Å². The van der Waals surface area contributed by atoms with Crippen LogP contribution in [-0.4, -0.2) is 34.0 Å². The summed E-state index contributed by atoms with van der Waals surface area (Å²) >= 11 is 5.25. The van der Waals surface area contributed by atoms with E-state index in [1.54, 1.807) is 18.0 Å². The number of nitrogens with one attached hydrogen (secondary N) is 1. The second kappa shape index (κ2) is 8.25. The number of thioether (sulfide) groups is 1. The Labute approximate surface area is 128 Å². The van der Waals surface area contributed by atoms with E-state index in [-0.39, 0.29) is 12.1 Å². The van der Waals surface area contributed by atoms with Crippen LogP contribution < -0.4 is 5.32 Å². The van der Waals surface area contributed by atoms with Crippen LogP contribution in [0.25, 0.3) is 0 Å². The zero-order valence-electron chi connectivity index (χ0n) is 11.8. The summed E-state index contributed by atoms with van der Waals surface area (Å²) in [6, 6.07) is 3.92. The zero-order chi connectivity index (χ0) is 14.3. The smallest absolute Gasteiger partial charge is 0.110 e. The van der Waals surface area contributed by atoms with E-state index in [1.165, 1.54) is 0 Å². The molecule has 0 bridgehead atoms. The van der Waals surface area contributed by atoms with Gasteiger partial charge in [-0.3, -0.25) is 0 Å². The molecule has 0 aliphatic carbocycles. The molecule has 0 saturated carbocycles. The van der Waals surface area contributed by atoms with E-state index in [2.05, 4.69) is 47.0 Å². The van der Waals surface area contributed by atoms with Crippen LogP contribution in [0.3, 0.4) is 0 Å². The van der Waals surface area contributed by atoms with Crippen molar-refractivity contribution in [2.24, 2.45) is 0 Å². The van der Waals surface area contributed by atoms with Crippen molar-refractivity contribution in [2.45, 2.75) is 49.4 Å². The Morgan fingerprint density at radius 1 is 1.58 bits per heavy atom. The third-order valence-corrected chi connectivity index (χ3v) is 4.95. The second-order valence-corrected chi connectivity index (χ2v) is 7.35. The van der Waals surface area contributed by atoms with Crippen molar-refractivity contribution in [3.63, 3.8) is 0 Å². The largest absolute Gasteiger partial charge is 0.394 e. The molecule has 3 nitrogen and oxygen atoms in total. The maximum Gasteiger partial charge on any atom is 0.110 e. The van der Waals surface area contributed by atoms with E-state index in [0.29, 0.717) is 5.25 Å². The van der Waals surface area contributed by atoms with Gasteiger partial charge in [-0.1, -0.05) is 13.8 Å². The molecule has 2 N–H and O–H groups in total. The zero-order valence-corrected chi connectivity index (χ0v) is 14.2. The minimum atomic E-state index is -0.219. The number of rotatable bonds is 8. The lowest BCUT2D eigenvalue weighted by Gasteiger charge is -2.31. The minimum absolute atomic E-state index is 0.154. The standard InChI is InChI=1S/C14H23BrN2OS/c1-4-7-17-14(3,10-18)9-11(2)19-13-12(15)6-5-8-16-13/h5-6,8,11,17-18H,4,7,9-10H2,1-3H3. The molecule has 0 radical (unpaired) electrons. The van der Waals surface area contributed by atoms with Gasteiger partial charge in [-0.2, -0.15) is 0 Å². The Balaban J connectivity index is 2.58. The summed E-state index contributed by atoms with van der Waals surface area (Å²) in [6.07, 6.45) is 3.78. The second-order valence-electron chi connectivity index (χ2n) is 5.07. The monoisotopic (exact) mass is 346 g/mol. The molecule has 108 valence electrons. The molecule has 2 unspecified atom stereocenters. The summed E-state index contributed by atoms with van der Waals surface area (Å²) in [5.41, 5.74) is -0.219. The molecule has 0 amide bonds. The molecule has 1 aromatic heterocycles. The number of aromatic nitrogens is 1. The van der Waals surface area contributed by atoms with Gasteiger partial charge in [0.1, 0.15) is 5.03 Å². The lowest BCUT2D eigenvalue weighted by atomic mass is 9.97. The van der Waals surface area contributed by atoms with E-state index in [4.69, 9.17) is 0 Å². The Morgan fingerprint density at radius 3 is 2.89 bits per heavy atom. The highest BCUT2D eigenvalue weighted by atomic mass is 79.9. The van der Waals surface area contributed by atoms with Gasteiger partial charge in [-0.15, -0.1) is 11.8 Å². The van der Waals surface area contributed by atoms with Crippen LogP contribution in [0, 0.1) is 0 Å². The highest BCUT2D eigenvalue weighted by molar-refractivity contribution is 9.10. The molecular weight excluding hydrogens is 324 g/mol. The molecule has 1 heterocycles. The molecular formula is C14H23BrN2OS. The average molecular weight is 347 g/mol. The summed E-state index contributed by atoms with van der Waals surface area (Å²) in [7, 11) is 0. The summed E-state index contributed by atoms with van der Waals surface area (Å²) < 4.78 is 1.03. The van der Waals surface area contributed by atoms with Crippen molar-refractivity contribution >= 4 is 27.7 Å². The molecule has 0 saturated heterocycles. The van der Waals surface area contributed by atoms with Crippen molar-refractivity contribution < 1.29 is 5.11 Å². The van der Waals surface area contributed by atoms with Gasteiger partial charge >= 0.3 is 0 Å². The Bertz CT molecular complexity index is 391. The number of halogens is 1. The van der Waals surface area contributed by atoms with Crippen molar-refractivity contribution in [3.05, 3.63) is 22.8 Å². The minimum Gasteiger partial charge on any atom is -0.394 e. The normalized spacial score (nSPS) is 16.1. The first kappa shape index (κ1) is 17.0. The molecule has 1 aromatic rings. The van der Waals surface area contributed by atoms with Crippen LogP contribution in [0.4, 0.5) is 0 Å². The molecule has 0 fully saturated rings. The number of nitrogens with zero attached hydrogens (tertiary/aromatic N) is 1. The molecule has 0 aromatic carbocycles. The van der Waals surface area contributed by atoms with Gasteiger partial charge in [0, 0.05) is 21.5 Å². The predicted molar refractivity (Wildman–Crippen MR) is 85.7 cm³/mol. The van der Waals surface area contributed by atoms with Crippen LogP contribution in [-0.2, 0) is 0 Å². The number of aliphatic hydroxyl groups is 1. The van der Waals surface area contributed by atoms with E-state index in [0.717, 1.165) is 28.9 Å². The molecule has 0 aliphatic heterocycles. The maximum atomic E-state index is 9.58. The van der Waals surface area contributed by atoms with Crippen molar-refractivity contribution in [3.8, 4) is 0 Å². The van der Waals surface area contributed by atoms with Crippen molar-refractivity contribution in [1.29, 1.82) is 0 Å². The highest BCUT2D eigenvalue weighted by Gasteiger charge is 2.25. The summed E-state index contributed by atoms with van der Waals surface area (Å²) in [4.78, 5) is 4.37. The van der Waals surface area contributed by atoms with Crippen LogP contribution in [0.15, 0.2) is 27.8 Å². The fraction of sp³-hybridized carbons (Fsp3) is 0.643. The Kier molecular flexibility index (Phi) is 7.36. The molecule has 0 aliphatic rings. The topological polar surface area (TPSA) is 45.1 Å². The molecule has 2 atom stereocenters. The molecule has 1 rings (SSSR count). The first-order valence-electron chi connectivity index (χ1n) is 6.64. The van der Waals surface area contributed by atoms with Gasteiger partial charge < -0.3 is 10.4 Å². The van der Waals surface area contributed by atoms with Crippen molar-refractivity contribution in [2.75, 3.05) is 13.2 Å². The number of pyridine rings is 1. The van der Waals surface area contributed by atoms with Gasteiger partial charge in [0.2, 0.25) is 0 Å². The summed E-state index contributed by atoms with van der Waals surface area (Å²) in [5.74, 6) is 0. The fourth-order valence-electron chi connectivity index (χ4n) is 1.94. The first-order chi connectivity index (χ1) is 9.00. The van der Waals surface area contributed by atoms with Crippen LogP contribution >= 0.6 is 27.7 Å². The third kappa shape index (κ3) is 5.81. The molecule has 0 spiro atoms. The third-order valence-electron chi connectivity index (χ3n) is 2.93. The number of aliphatic hydroxyl groups excluding tert-OH is 1. The predicted octanol–water partition coefficient (Wildman–Crippen LogP) is 3.47. The van der Waals surface area contributed by atoms with Crippen LogP contribution in [0.1, 0.15) is 33.6 Å². The van der Waals surface area contributed by atoms with E-state index >= 15 is 0 Å². The van der Waals surface area contributed by atoms with Gasteiger partial charge in [0.05, 0.1) is 6.61 Å². The maximum absolute atomic E-state index is 9.58. The van der Waals surface area contributed by atoms with Crippen molar-refractivity contribution in [1.82, 2.24) is 10.3 Å². The van der Waals surface area contributed by atoms with Crippen LogP contribution in [0.2, 0.25) is 0 Å². The van der Waals surface area contributed by atoms with Gasteiger partial charge in [0.15, 0.2) is 0 Å². The number of hydrogen-bond donors (Lipinski definition) is 2.